The summed E-state index contributed by atoms with van der Waals surface area (Å²) in [6, 6.07) is 21.4. The van der Waals surface area contributed by atoms with Crippen LogP contribution in [0.15, 0.2) is 78.9 Å². The second-order valence-electron chi connectivity index (χ2n) is 6.42. The molecule has 0 saturated carbocycles. The monoisotopic (exact) mass is 408 g/mol. The Balaban J connectivity index is 2.29. The molecule has 0 bridgehead atoms. The fourth-order valence-electron chi connectivity index (χ4n) is 3.16. The van der Waals surface area contributed by atoms with Gasteiger partial charge in [0.2, 0.25) is 0 Å². The molecular formula is C22H21N2O4P. The number of rotatable bonds is 7. The van der Waals surface area contributed by atoms with E-state index < -0.39 is 31.9 Å². The van der Waals surface area contributed by atoms with Gasteiger partial charge in [-0.05, 0) is 35.0 Å². The third kappa shape index (κ3) is 4.35. The summed E-state index contributed by atoms with van der Waals surface area (Å²) >= 11 is 0. The molecule has 3 aromatic carbocycles. The first kappa shape index (κ1) is 20.7. The molecule has 0 unspecified atom stereocenters. The summed E-state index contributed by atoms with van der Waals surface area (Å²) < 4.78 is 0. The molecule has 3 aromatic rings. The van der Waals surface area contributed by atoms with Crippen LogP contribution in [-0.2, 0) is 9.59 Å². The number of benzene rings is 3. The van der Waals surface area contributed by atoms with Gasteiger partial charge in [-0.2, -0.15) is 0 Å². The normalized spacial score (nSPS) is 13.1. The number of hydrogen-bond donors (Lipinski definition) is 4. The lowest BCUT2D eigenvalue weighted by Gasteiger charge is -2.26. The van der Waals surface area contributed by atoms with Crippen molar-refractivity contribution in [1.29, 1.82) is 0 Å². The van der Waals surface area contributed by atoms with Gasteiger partial charge in [-0.15, -0.1) is 0 Å². The first-order chi connectivity index (χ1) is 13.9. The van der Waals surface area contributed by atoms with Crippen molar-refractivity contribution in [3.05, 3.63) is 90.0 Å². The Morgan fingerprint density at radius 3 is 1.45 bits per heavy atom. The summed E-state index contributed by atoms with van der Waals surface area (Å²) in [5, 5.41) is 21.4. The molecule has 2 atom stereocenters. The van der Waals surface area contributed by atoms with E-state index in [1.54, 1.807) is 24.3 Å². The molecule has 6 N–H and O–H groups in total. The van der Waals surface area contributed by atoms with Gasteiger partial charge < -0.3 is 21.7 Å². The molecule has 0 fully saturated rings. The largest absolute Gasteiger partial charge is 0.480 e. The standard InChI is InChI=1S/C22H21N2O4P/c23-19(21(25)26)15-10-4-6-12-17(15)29(14-8-2-1-3-9-14)18-13-7-5-11-16(18)20(24)22(27)28/h1-13,19-20H,23-24H2,(H,25,26)(H,27,28)/t19-,20-/m1/s1. The summed E-state index contributed by atoms with van der Waals surface area (Å²) in [7, 11) is -1.29. The van der Waals surface area contributed by atoms with Gasteiger partial charge in [0.25, 0.3) is 0 Å². The lowest BCUT2D eigenvalue weighted by molar-refractivity contribution is -0.139. The molecule has 6 nitrogen and oxygen atoms in total. The highest BCUT2D eigenvalue weighted by atomic mass is 31.1. The van der Waals surface area contributed by atoms with Gasteiger partial charge in [0.15, 0.2) is 0 Å². The maximum Gasteiger partial charge on any atom is 0.325 e. The first-order valence-corrected chi connectivity index (χ1v) is 10.3. The van der Waals surface area contributed by atoms with Gasteiger partial charge >= 0.3 is 11.9 Å². The Kier molecular flexibility index (Phi) is 6.39. The summed E-state index contributed by atoms with van der Waals surface area (Å²) in [5.41, 5.74) is 12.9. The second-order valence-corrected chi connectivity index (χ2v) is 8.57. The molecule has 0 aliphatic carbocycles. The van der Waals surface area contributed by atoms with Crippen LogP contribution in [0.4, 0.5) is 0 Å². The minimum Gasteiger partial charge on any atom is -0.480 e. The molecule has 29 heavy (non-hydrogen) atoms. The number of carboxylic acids is 2. The fourth-order valence-corrected chi connectivity index (χ4v) is 5.86. The van der Waals surface area contributed by atoms with E-state index in [4.69, 9.17) is 11.5 Å². The Hall–Kier alpha value is -3.05. The topological polar surface area (TPSA) is 127 Å². The Bertz CT molecular complexity index is 963. The molecule has 148 valence electrons. The second kappa shape index (κ2) is 8.97. The van der Waals surface area contributed by atoms with Crippen molar-refractivity contribution in [3.8, 4) is 0 Å². The van der Waals surface area contributed by atoms with E-state index in [2.05, 4.69) is 0 Å². The molecular weight excluding hydrogens is 387 g/mol. The van der Waals surface area contributed by atoms with Crippen molar-refractivity contribution in [2.24, 2.45) is 11.5 Å². The molecule has 0 amide bonds. The van der Waals surface area contributed by atoms with Crippen LogP contribution in [0.1, 0.15) is 23.2 Å². The molecule has 0 saturated heterocycles. The number of carboxylic acid groups (broad SMARTS) is 2. The predicted octanol–water partition coefficient (Wildman–Crippen LogP) is 1.61. The summed E-state index contributed by atoms with van der Waals surface area (Å²) in [5.74, 6) is -2.26. The third-order valence-electron chi connectivity index (χ3n) is 4.57. The van der Waals surface area contributed by atoms with Gasteiger partial charge in [0.05, 0.1) is 0 Å². The predicted molar refractivity (Wildman–Crippen MR) is 114 cm³/mol. The quantitative estimate of drug-likeness (QED) is 0.440. The SMILES string of the molecule is N[C@@H](C(=O)O)c1ccccc1P(c1ccccc1)c1ccccc1[C@@H](N)C(=O)O. The number of hydrogen-bond acceptors (Lipinski definition) is 4. The Morgan fingerprint density at radius 1 is 0.655 bits per heavy atom. The molecule has 0 spiro atoms. The number of carbonyl (C=O) groups is 2. The van der Waals surface area contributed by atoms with E-state index in [-0.39, 0.29) is 0 Å². The maximum atomic E-state index is 11.6. The van der Waals surface area contributed by atoms with Crippen LogP contribution in [0.3, 0.4) is 0 Å². The molecule has 7 heteroatoms. The minimum atomic E-state index is -1.29. The minimum absolute atomic E-state index is 0.494. The summed E-state index contributed by atoms with van der Waals surface area (Å²) in [4.78, 5) is 23.2. The maximum absolute atomic E-state index is 11.6. The zero-order chi connectivity index (χ0) is 21.0. The zero-order valence-electron chi connectivity index (χ0n) is 15.5. The van der Waals surface area contributed by atoms with Gasteiger partial charge in [0.1, 0.15) is 12.1 Å². The third-order valence-corrected chi connectivity index (χ3v) is 7.16. The molecule has 0 radical (unpaired) electrons. The van der Waals surface area contributed by atoms with Crippen LogP contribution < -0.4 is 27.4 Å². The van der Waals surface area contributed by atoms with Crippen molar-refractivity contribution in [2.75, 3.05) is 0 Å². The average molecular weight is 408 g/mol. The highest BCUT2D eigenvalue weighted by Crippen LogP contribution is 2.37. The molecule has 0 aromatic heterocycles. The van der Waals surface area contributed by atoms with Gasteiger partial charge in [-0.25, -0.2) is 0 Å². The fraction of sp³-hybridized carbons (Fsp3) is 0.0909. The zero-order valence-corrected chi connectivity index (χ0v) is 16.4. The number of aliphatic carboxylic acids is 2. The Labute approximate surface area is 169 Å². The van der Waals surface area contributed by atoms with Crippen molar-refractivity contribution in [2.45, 2.75) is 12.1 Å². The van der Waals surface area contributed by atoms with Crippen molar-refractivity contribution in [3.63, 3.8) is 0 Å². The lowest BCUT2D eigenvalue weighted by atomic mass is 10.1. The van der Waals surface area contributed by atoms with Crippen molar-refractivity contribution in [1.82, 2.24) is 0 Å². The van der Waals surface area contributed by atoms with E-state index in [1.165, 1.54) is 0 Å². The van der Waals surface area contributed by atoms with E-state index in [1.807, 2.05) is 54.6 Å². The molecule has 3 rings (SSSR count). The number of nitrogens with two attached hydrogens (primary N) is 2. The smallest absolute Gasteiger partial charge is 0.325 e. The van der Waals surface area contributed by atoms with E-state index in [9.17, 15) is 19.8 Å². The van der Waals surface area contributed by atoms with Gasteiger partial charge in [-0.1, -0.05) is 78.9 Å². The van der Waals surface area contributed by atoms with Gasteiger partial charge in [0, 0.05) is 0 Å². The molecule has 0 aliphatic heterocycles. The summed E-state index contributed by atoms with van der Waals surface area (Å²) in [6.07, 6.45) is 0. The van der Waals surface area contributed by atoms with Crippen molar-refractivity contribution >= 4 is 35.8 Å². The lowest BCUT2D eigenvalue weighted by Crippen LogP contribution is -2.33. The Morgan fingerprint density at radius 2 is 1.03 bits per heavy atom. The van der Waals surface area contributed by atoms with E-state index in [0.29, 0.717) is 11.1 Å². The first-order valence-electron chi connectivity index (χ1n) is 8.91. The van der Waals surface area contributed by atoms with Crippen LogP contribution in [0.25, 0.3) is 0 Å². The highest BCUT2D eigenvalue weighted by molar-refractivity contribution is 7.80. The van der Waals surface area contributed by atoms with Crippen molar-refractivity contribution < 1.29 is 19.8 Å². The van der Waals surface area contributed by atoms with Crippen LogP contribution in [0, 0.1) is 0 Å². The van der Waals surface area contributed by atoms with Crippen LogP contribution in [-0.4, -0.2) is 22.2 Å². The van der Waals surface area contributed by atoms with Crippen LogP contribution in [0.2, 0.25) is 0 Å². The van der Waals surface area contributed by atoms with Crippen LogP contribution >= 0.6 is 7.92 Å². The summed E-state index contributed by atoms with van der Waals surface area (Å²) in [6.45, 7) is 0. The highest BCUT2D eigenvalue weighted by Gasteiger charge is 2.28. The average Bonchev–Trinajstić information content (AvgIpc) is 2.74. The van der Waals surface area contributed by atoms with Crippen LogP contribution in [0.5, 0.6) is 0 Å². The molecule has 0 aliphatic rings. The van der Waals surface area contributed by atoms with Gasteiger partial charge in [-0.3, -0.25) is 9.59 Å². The molecule has 0 heterocycles. The van der Waals surface area contributed by atoms with E-state index >= 15 is 0 Å². The van der Waals surface area contributed by atoms with E-state index in [0.717, 1.165) is 15.9 Å².